The molecule has 1 amide bonds. The van der Waals surface area contributed by atoms with Gasteiger partial charge in [0, 0.05) is 38.9 Å². The number of amides is 1. The first-order valence-electron chi connectivity index (χ1n) is 9.19. The molecule has 2 saturated heterocycles. The zero-order chi connectivity index (χ0) is 17.2. The van der Waals surface area contributed by atoms with Gasteiger partial charge in [0.05, 0.1) is 12.1 Å². The van der Waals surface area contributed by atoms with E-state index in [0.717, 1.165) is 56.0 Å². The Morgan fingerprint density at radius 1 is 1.24 bits per heavy atom. The van der Waals surface area contributed by atoms with E-state index >= 15 is 0 Å². The maximum absolute atomic E-state index is 13.0. The Morgan fingerprint density at radius 3 is 2.84 bits per heavy atom. The van der Waals surface area contributed by atoms with E-state index in [0.29, 0.717) is 19.8 Å². The second-order valence-electron chi connectivity index (χ2n) is 7.01. The normalized spacial score (nSPS) is 26.2. The quantitative estimate of drug-likeness (QED) is 0.830. The van der Waals surface area contributed by atoms with Crippen molar-refractivity contribution < 1.29 is 19.0 Å². The predicted octanol–water partition coefficient (Wildman–Crippen LogP) is 1.67. The van der Waals surface area contributed by atoms with E-state index in [9.17, 15) is 4.79 Å². The highest BCUT2D eigenvalue weighted by Gasteiger charge is 2.39. The first kappa shape index (κ1) is 16.7. The SMILES string of the molecule is CO[C@H]1C[C@@H](C(=O)N2CCCC2)N(Cc2cccc3c2OCCO3)C1. The van der Waals surface area contributed by atoms with Gasteiger partial charge in [-0.2, -0.15) is 0 Å². The van der Waals surface area contributed by atoms with Crippen LogP contribution in [0.2, 0.25) is 0 Å². The molecule has 0 N–H and O–H groups in total. The number of rotatable bonds is 4. The number of nitrogens with zero attached hydrogens (tertiary/aromatic N) is 2. The molecule has 3 aliphatic heterocycles. The summed E-state index contributed by atoms with van der Waals surface area (Å²) >= 11 is 0. The van der Waals surface area contributed by atoms with Gasteiger partial charge in [0.1, 0.15) is 13.2 Å². The third-order valence-corrected chi connectivity index (χ3v) is 5.42. The van der Waals surface area contributed by atoms with Crippen molar-refractivity contribution in [3.63, 3.8) is 0 Å². The van der Waals surface area contributed by atoms with Gasteiger partial charge in [0.2, 0.25) is 5.91 Å². The fourth-order valence-electron chi connectivity index (χ4n) is 4.09. The molecule has 3 aliphatic rings. The number of hydrogen-bond acceptors (Lipinski definition) is 5. The van der Waals surface area contributed by atoms with E-state index in [1.807, 2.05) is 17.0 Å². The van der Waals surface area contributed by atoms with Gasteiger partial charge in [0.15, 0.2) is 11.5 Å². The number of methoxy groups -OCH3 is 1. The Labute approximate surface area is 148 Å². The van der Waals surface area contributed by atoms with Crippen LogP contribution in [0.1, 0.15) is 24.8 Å². The average Bonchev–Trinajstić information content (AvgIpc) is 3.31. The predicted molar refractivity (Wildman–Crippen MR) is 92.9 cm³/mol. The maximum atomic E-state index is 13.0. The largest absolute Gasteiger partial charge is 0.486 e. The topological polar surface area (TPSA) is 51.2 Å². The van der Waals surface area contributed by atoms with Crippen molar-refractivity contribution >= 4 is 5.91 Å². The number of fused-ring (bicyclic) bond motifs is 1. The van der Waals surface area contributed by atoms with Crippen molar-refractivity contribution in [2.24, 2.45) is 0 Å². The molecule has 3 heterocycles. The summed E-state index contributed by atoms with van der Waals surface area (Å²) in [6.45, 7) is 4.38. The van der Waals surface area contributed by atoms with E-state index in [-0.39, 0.29) is 18.1 Å². The van der Waals surface area contributed by atoms with Crippen LogP contribution in [0.3, 0.4) is 0 Å². The highest BCUT2D eigenvalue weighted by molar-refractivity contribution is 5.82. The highest BCUT2D eigenvalue weighted by atomic mass is 16.6. The Balaban J connectivity index is 1.54. The summed E-state index contributed by atoms with van der Waals surface area (Å²) in [6.07, 6.45) is 3.10. The van der Waals surface area contributed by atoms with Gasteiger partial charge >= 0.3 is 0 Å². The van der Waals surface area contributed by atoms with Crippen LogP contribution >= 0.6 is 0 Å². The number of ether oxygens (including phenoxy) is 3. The zero-order valence-corrected chi connectivity index (χ0v) is 14.8. The summed E-state index contributed by atoms with van der Waals surface area (Å²) in [5.41, 5.74) is 1.08. The number of para-hydroxylation sites is 1. The molecule has 0 saturated carbocycles. The van der Waals surface area contributed by atoms with Gasteiger partial charge in [-0.05, 0) is 25.3 Å². The Bertz CT molecular complexity index is 630. The van der Waals surface area contributed by atoms with Gasteiger partial charge in [0.25, 0.3) is 0 Å². The Hall–Kier alpha value is -1.79. The van der Waals surface area contributed by atoms with Crippen LogP contribution in [0.15, 0.2) is 18.2 Å². The maximum Gasteiger partial charge on any atom is 0.240 e. The van der Waals surface area contributed by atoms with Crippen molar-refractivity contribution in [1.29, 1.82) is 0 Å². The van der Waals surface area contributed by atoms with Crippen LogP contribution in [0.25, 0.3) is 0 Å². The lowest BCUT2D eigenvalue weighted by atomic mass is 10.1. The Morgan fingerprint density at radius 2 is 2.04 bits per heavy atom. The molecule has 1 aromatic carbocycles. The summed E-state index contributed by atoms with van der Waals surface area (Å²) in [4.78, 5) is 17.2. The van der Waals surface area contributed by atoms with E-state index in [4.69, 9.17) is 14.2 Å². The van der Waals surface area contributed by atoms with E-state index in [1.165, 1.54) is 0 Å². The molecule has 136 valence electrons. The van der Waals surface area contributed by atoms with Crippen molar-refractivity contribution in [3.05, 3.63) is 23.8 Å². The molecule has 25 heavy (non-hydrogen) atoms. The Kier molecular flexibility index (Phi) is 4.81. The molecular formula is C19H26N2O4. The first-order chi connectivity index (χ1) is 12.3. The van der Waals surface area contributed by atoms with Crippen LogP contribution in [0.5, 0.6) is 11.5 Å². The third kappa shape index (κ3) is 3.33. The molecule has 0 aromatic heterocycles. The van der Waals surface area contributed by atoms with Gasteiger partial charge in [-0.15, -0.1) is 0 Å². The molecule has 1 aromatic rings. The fraction of sp³-hybridized carbons (Fsp3) is 0.632. The van der Waals surface area contributed by atoms with Crippen molar-refractivity contribution in [2.45, 2.75) is 38.0 Å². The summed E-state index contributed by atoms with van der Waals surface area (Å²) in [5, 5.41) is 0. The molecule has 4 rings (SSSR count). The summed E-state index contributed by atoms with van der Waals surface area (Å²) < 4.78 is 17.1. The lowest BCUT2D eigenvalue weighted by molar-refractivity contribution is -0.135. The lowest BCUT2D eigenvalue weighted by Gasteiger charge is -2.29. The van der Waals surface area contributed by atoms with Gasteiger partial charge < -0.3 is 19.1 Å². The van der Waals surface area contributed by atoms with E-state index in [1.54, 1.807) is 7.11 Å². The van der Waals surface area contributed by atoms with Gasteiger partial charge in [-0.3, -0.25) is 9.69 Å². The van der Waals surface area contributed by atoms with Crippen LogP contribution < -0.4 is 9.47 Å². The monoisotopic (exact) mass is 346 g/mol. The van der Waals surface area contributed by atoms with Crippen LogP contribution in [-0.2, 0) is 16.1 Å². The smallest absolute Gasteiger partial charge is 0.240 e. The first-order valence-corrected chi connectivity index (χ1v) is 9.19. The summed E-state index contributed by atoms with van der Waals surface area (Å²) in [5.74, 6) is 1.87. The molecule has 2 atom stereocenters. The number of carbonyl (C=O) groups is 1. The minimum Gasteiger partial charge on any atom is -0.486 e. The highest BCUT2D eigenvalue weighted by Crippen LogP contribution is 2.36. The molecule has 6 heteroatoms. The minimum absolute atomic E-state index is 0.105. The molecule has 0 aliphatic carbocycles. The zero-order valence-electron chi connectivity index (χ0n) is 14.8. The molecule has 0 unspecified atom stereocenters. The molecule has 2 fully saturated rings. The second-order valence-corrected chi connectivity index (χ2v) is 7.01. The van der Waals surface area contributed by atoms with Gasteiger partial charge in [-0.1, -0.05) is 12.1 Å². The molecule has 0 spiro atoms. The minimum atomic E-state index is -0.108. The third-order valence-electron chi connectivity index (χ3n) is 5.42. The molecule has 0 bridgehead atoms. The standard InChI is InChI=1S/C19H26N2O4/c1-23-15-11-16(19(22)20-7-2-3-8-20)21(13-15)12-14-5-4-6-17-18(14)25-10-9-24-17/h4-6,15-16H,2-3,7-13H2,1H3/t15-,16-/m0/s1. The van der Waals surface area contributed by atoms with Crippen molar-refractivity contribution in [1.82, 2.24) is 9.80 Å². The van der Waals surface area contributed by atoms with Crippen LogP contribution in [0.4, 0.5) is 0 Å². The van der Waals surface area contributed by atoms with E-state index < -0.39 is 0 Å². The van der Waals surface area contributed by atoms with Crippen molar-refractivity contribution in [3.8, 4) is 11.5 Å². The molecular weight excluding hydrogens is 320 g/mol. The summed E-state index contributed by atoms with van der Waals surface area (Å²) in [7, 11) is 1.73. The second kappa shape index (κ2) is 7.22. The van der Waals surface area contributed by atoms with Gasteiger partial charge in [-0.25, -0.2) is 0 Å². The number of carbonyl (C=O) groups excluding carboxylic acids is 1. The fourth-order valence-corrected chi connectivity index (χ4v) is 4.09. The molecule has 0 radical (unpaired) electrons. The van der Waals surface area contributed by atoms with Crippen LogP contribution in [-0.4, -0.2) is 67.8 Å². The number of likely N-dealkylation sites (tertiary alicyclic amines) is 2. The van der Waals surface area contributed by atoms with Crippen molar-refractivity contribution in [2.75, 3.05) is 40.0 Å². The summed E-state index contributed by atoms with van der Waals surface area (Å²) in [6, 6.07) is 5.88. The lowest BCUT2D eigenvalue weighted by Crippen LogP contribution is -2.44. The number of benzene rings is 1. The van der Waals surface area contributed by atoms with Crippen LogP contribution in [0, 0.1) is 0 Å². The number of hydrogen-bond donors (Lipinski definition) is 0. The molecule has 6 nitrogen and oxygen atoms in total. The average molecular weight is 346 g/mol. The van der Waals surface area contributed by atoms with E-state index in [2.05, 4.69) is 11.0 Å².